The second kappa shape index (κ2) is 5.38. The second-order valence-electron chi connectivity index (χ2n) is 4.21. The van der Waals surface area contributed by atoms with Gasteiger partial charge in [0.05, 0.1) is 6.54 Å². The lowest BCUT2D eigenvalue weighted by Gasteiger charge is -2.35. The van der Waals surface area contributed by atoms with Crippen LogP contribution in [0.25, 0.3) is 0 Å². The smallest absolute Gasteiger partial charge is 0.231 e. The molecule has 0 spiro atoms. The van der Waals surface area contributed by atoms with Crippen LogP contribution in [0.4, 0.5) is 5.69 Å². The molecule has 0 radical (unpaired) electrons. The van der Waals surface area contributed by atoms with Crippen molar-refractivity contribution in [2.45, 2.75) is 0 Å². The number of halogens is 1. The van der Waals surface area contributed by atoms with E-state index in [9.17, 15) is 4.79 Å². The van der Waals surface area contributed by atoms with Crippen LogP contribution in [0.3, 0.4) is 0 Å². The molecule has 5 heteroatoms. The molecule has 0 saturated carbocycles. The average Bonchev–Trinajstić information content (AvgIpc) is 2.30. The molecule has 0 atom stereocenters. The molecule has 1 aliphatic heterocycles. The molecule has 1 aromatic rings. The van der Waals surface area contributed by atoms with Crippen molar-refractivity contribution in [3.8, 4) is 0 Å². The summed E-state index contributed by atoms with van der Waals surface area (Å²) in [5.74, 6) is -0.259. The van der Waals surface area contributed by atoms with Crippen LogP contribution in [0, 0.1) is 0 Å². The first-order chi connectivity index (χ1) is 8.15. The summed E-state index contributed by atoms with van der Waals surface area (Å²) in [4.78, 5) is 15.2. The summed E-state index contributed by atoms with van der Waals surface area (Å²) in [5.41, 5.74) is 6.35. The number of amides is 1. The summed E-state index contributed by atoms with van der Waals surface area (Å²) < 4.78 is 0. The highest BCUT2D eigenvalue weighted by Gasteiger charge is 2.17. The van der Waals surface area contributed by atoms with Crippen molar-refractivity contribution in [1.29, 1.82) is 0 Å². The molecule has 17 heavy (non-hydrogen) atoms. The minimum atomic E-state index is -0.259. The van der Waals surface area contributed by atoms with Gasteiger partial charge in [0, 0.05) is 36.9 Å². The number of anilines is 1. The SMILES string of the molecule is NC(=O)CN1CCN(c2ccc(Cl)cc2)CC1. The third-order valence-corrected chi connectivity index (χ3v) is 3.20. The average molecular weight is 254 g/mol. The Labute approximate surface area is 106 Å². The molecule has 0 bridgehead atoms. The molecule has 92 valence electrons. The van der Waals surface area contributed by atoms with E-state index < -0.39 is 0 Å². The van der Waals surface area contributed by atoms with Crippen LogP contribution in [0.2, 0.25) is 5.02 Å². The molecule has 2 rings (SSSR count). The van der Waals surface area contributed by atoms with Crippen molar-refractivity contribution in [3.05, 3.63) is 29.3 Å². The summed E-state index contributed by atoms with van der Waals surface area (Å²) >= 11 is 5.85. The van der Waals surface area contributed by atoms with E-state index in [0.717, 1.165) is 31.2 Å². The number of hydrogen-bond donors (Lipinski definition) is 1. The van der Waals surface area contributed by atoms with E-state index in [1.807, 2.05) is 24.3 Å². The summed E-state index contributed by atoms with van der Waals surface area (Å²) in [6.07, 6.45) is 0. The van der Waals surface area contributed by atoms with Gasteiger partial charge in [-0.3, -0.25) is 9.69 Å². The van der Waals surface area contributed by atoms with Crippen LogP contribution in [0.15, 0.2) is 24.3 Å². The quantitative estimate of drug-likeness (QED) is 0.873. The molecular weight excluding hydrogens is 238 g/mol. The lowest BCUT2D eigenvalue weighted by Crippen LogP contribution is -2.48. The van der Waals surface area contributed by atoms with E-state index in [4.69, 9.17) is 17.3 Å². The maximum absolute atomic E-state index is 10.8. The van der Waals surface area contributed by atoms with Crippen molar-refractivity contribution < 1.29 is 4.79 Å². The lowest BCUT2D eigenvalue weighted by atomic mass is 10.2. The number of nitrogens with two attached hydrogens (primary N) is 1. The molecule has 1 saturated heterocycles. The molecule has 4 nitrogen and oxygen atoms in total. The standard InChI is InChI=1S/C12H16ClN3O/c13-10-1-3-11(4-2-10)16-7-5-15(6-8-16)9-12(14)17/h1-4H,5-9H2,(H2,14,17). The molecule has 1 aliphatic rings. The van der Waals surface area contributed by atoms with E-state index in [2.05, 4.69) is 9.80 Å². The number of hydrogen-bond acceptors (Lipinski definition) is 3. The van der Waals surface area contributed by atoms with Gasteiger partial charge in [-0.15, -0.1) is 0 Å². The maximum Gasteiger partial charge on any atom is 0.231 e. The molecule has 0 aliphatic carbocycles. The topological polar surface area (TPSA) is 49.6 Å². The molecular formula is C12H16ClN3O. The largest absolute Gasteiger partial charge is 0.369 e. The fourth-order valence-corrected chi connectivity index (χ4v) is 2.16. The van der Waals surface area contributed by atoms with Gasteiger partial charge in [0.15, 0.2) is 0 Å². The Balaban J connectivity index is 1.90. The highest BCUT2D eigenvalue weighted by atomic mass is 35.5. The van der Waals surface area contributed by atoms with Crippen LogP contribution in [0.5, 0.6) is 0 Å². The summed E-state index contributed by atoms with van der Waals surface area (Å²) in [7, 11) is 0. The fraction of sp³-hybridized carbons (Fsp3) is 0.417. The second-order valence-corrected chi connectivity index (χ2v) is 4.64. The summed E-state index contributed by atoms with van der Waals surface area (Å²) in [6, 6.07) is 7.83. The predicted octanol–water partition coefficient (Wildman–Crippen LogP) is 0.947. The third-order valence-electron chi connectivity index (χ3n) is 2.94. The van der Waals surface area contributed by atoms with E-state index in [-0.39, 0.29) is 5.91 Å². The van der Waals surface area contributed by atoms with Gasteiger partial charge in [-0.05, 0) is 24.3 Å². The van der Waals surface area contributed by atoms with E-state index in [1.54, 1.807) is 0 Å². The molecule has 1 aromatic carbocycles. The van der Waals surface area contributed by atoms with Crippen LogP contribution in [-0.2, 0) is 4.79 Å². The third kappa shape index (κ3) is 3.35. The molecule has 1 fully saturated rings. The Kier molecular flexibility index (Phi) is 3.86. The zero-order valence-electron chi connectivity index (χ0n) is 9.60. The van der Waals surface area contributed by atoms with E-state index in [0.29, 0.717) is 6.54 Å². The van der Waals surface area contributed by atoms with E-state index >= 15 is 0 Å². The first-order valence-electron chi connectivity index (χ1n) is 5.66. The van der Waals surface area contributed by atoms with Gasteiger partial charge in [-0.25, -0.2) is 0 Å². The number of carbonyl (C=O) groups excluding carboxylic acids is 1. The number of primary amides is 1. The van der Waals surface area contributed by atoms with Crippen molar-refractivity contribution >= 4 is 23.2 Å². The fourth-order valence-electron chi connectivity index (χ4n) is 2.04. The van der Waals surface area contributed by atoms with Crippen molar-refractivity contribution in [2.24, 2.45) is 5.73 Å². The molecule has 1 amide bonds. The molecule has 2 N–H and O–H groups in total. The van der Waals surface area contributed by atoms with Crippen LogP contribution >= 0.6 is 11.6 Å². The Hall–Kier alpha value is -1.26. The zero-order chi connectivity index (χ0) is 12.3. The highest BCUT2D eigenvalue weighted by molar-refractivity contribution is 6.30. The van der Waals surface area contributed by atoms with Gasteiger partial charge in [-0.2, -0.15) is 0 Å². The van der Waals surface area contributed by atoms with Gasteiger partial charge < -0.3 is 10.6 Å². The monoisotopic (exact) mass is 253 g/mol. The summed E-state index contributed by atoms with van der Waals surface area (Å²) in [5, 5.41) is 0.751. The minimum absolute atomic E-state index is 0.259. The van der Waals surface area contributed by atoms with Gasteiger partial charge in [0.2, 0.25) is 5.91 Å². The van der Waals surface area contributed by atoms with Crippen LogP contribution in [-0.4, -0.2) is 43.5 Å². The first kappa shape index (κ1) is 12.2. The van der Waals surface area contributed by atoms with Gasteiger partial charge in [0.1, 0.15) is 0 Å². The van der Waals surface area contributed by atoms with Gasteiger partial charge in [-0.1, -0.05) is 11.6 Å². The number of rotatable bonds is 3. The van der Waals surface area contributed by atoms with Gasteiger partial charge in [0.25, 0.3) is 0 Å². The molecule has 1 heterocycles. The molecule has 0 unspecified atom stereocenters. The van der Waals surface area contributed by atoms with Crippen LogP contribution < -0.4 is 10.6 Å². The van der Waals surface area contributed by atoms with Crippen molar-refractivity contribution in [2.75, 3.05) is 37.6 Å². The summed E-state index contributed by atoms with van der Waals surface area (Å²) in [6.45, 7) is 3.91. The maximum atomic E-state index is 10.8. The van der Waals surface area contributed by atoms with Crippen molar-refractivity contribution in [3.63, 3.8) is 0 Å². The lowest BCUT2D eigenvalue weighted by molar-refractivity contribution is -0.119. The number of benzene rings is 1. The van der Waals surface area contributed by atoms with Crippen LogP contribution in [0.1, 0.15) is 0 Å². The van der Waals surface area contributed by atoms with Crippen molar-refractivity contribution in [1.82, 2.24) is 4.90 Å². The Morgan fingerprint density at radius 2 is 1.76 bits per heavy atom. The van der Waals surface area contributed by atoms with E-state index in [1.165, 1.54) is 5.69 Å². The first-order valence-corrected chi connectivity index (χ1v) is 6.04. The number of carbonyl (C=O) groups is 1. The zero-order valence-corrected chi connectivity index (χ0v) is 10.4. The highest BCUT2D eigenvalue weighted by Crippen LogP contribution is 2.19. The Morgan fingerprint density at radius 3 is 2.29 bits per heavy atom. The van der Waals surface area contributed by atoms with Gasteiger partial charge >= 0.3 is 0 Å². The normalized spacial score (nSPS) is 17.1. The Bertz CT molecular complexity index is 385. The Morgan fingerprint density at radius 1 is 1.18 bits per heavy atom. The minimum Gasteiger partial charge on any atom is -0.369 e. The number of nitrogens with zero attached hydrogens (tertiary/aromatic N) is 2. The number of piperazine rings is 1. The molecule has 0 aromatic heterocycles. The predicted molar refractivity (Wildman–Crippen MR) is 69.3 cm³/mol.